The van der Waals surface area contributed by atoms with Crippen molar-refractivity contribution in [1.29, 1.82) is 0 Å². The Hall–Kier alpha value is -0.220. The summed E-state index contributed by atoms with van der Waals surface area (Å²) >= 11 is 1.92. The van der Waals surface area contributed by atoms with Gasteiger partial charge in [-0.05, 0) is 18.1 Å². The van der Waals surface area contributed by atoms with Crippen molar-refractivity contribution in [3.63, 3.8) is 0 Å². The predicted molar refractivity (Wildman–Crippen MR) is 61.3 cm³/mol. The van der Waals surface area contributed by atoms with Gasteiger partial charge in [0.05, 0.1) is 6.04 Å². The maximum atomic E-state index is 11.9. The second kappa shape index (κ2) is 5.61. The van der Waals surface area contributed by atoms with Gasteiger partial charge in [0, 0.05) is 18.8 Å². The summed E-state index contributed by atoms with van der Waals surface area (Å²) in [6.45, 7) is 5.74. The highest BCUT2D eigenvalue weighted by atomic mass is 32.2. The molecule has 1 atom stereocenters. The monoisotopic (exact) mass is 216 g/mol. The summed E-state index contributed by atoms with van der Waals surface area (Å²) in [6, 6.07) is -0.321. The van der Waals surface area contributed by atoms with Crippen LogP contribution in [0.2, 0.25) is 0 Å². The molecule has 0 aliphatic carbocycles. The molecule has 4 heteroatoms. The molecule has 1 rings (SSSR count). The molecule has 1 amide bonds. The van der Waals surface area contributed by atoms with Crippen molar-refractivity contribution in [3.8, 4) is 0 Å². The second-order valence-electron chi connectivity index (χ2n) is 4.06. The Morgan fingerprint density at radius 2 is 2.07 bits per heavy atom. The number of nitrogens with zero attached hydrogens (tertiary/aromatic N) is 1. The van der Waals surface area contributed by atoms with Crippen molar-refractivity contribution in [2.75, 3.05) is 24.6 Å². The largest absolute Gasteiger partial charge is 0.340 e. The Balaban J connectivity index is 2.49. The molecule has 0 radical (unpaired) electrons. The third-order valence-corrected chi connectivity index (χ3v) is 3.59. The summed E-state index contributed by atoms with van der Waals surface area (Å²) in [7, 11) is 0. The summed E-state index contributed by atoms with van der Waals surface area (Å²) in [5.74, 6) is 2.58. The van der Waals surface area contributed by atoms with Crippen molar-refractivity contribution < 1.29 is 4.79 Å². The lowest BCUT2D eigenvalue weighted by Crippen LogP contribution is -2.47. The van der Waals surface area contributed by atoms with Crippen LogP contribution in [0.5, 0.6) is 0 Å². The molecule has 0 bridgehead atoms. The highest BCUT2D eigenvalue weighted by Gasteiger charge is 2.23. The average molecular weight is 216 g/mol. The van der Waals surface area contributed by atoms with Crippen LogP contribution in [0.15, 0.2) is 0 Å². The molecule has 0 spiro atoms. The number of hydrogen-bond acceptors (Lipinski definition) is 3. The van der Waals surface area contributed by atoms with E-state index in [4.69, 9.17) is 5.73 Å². The number of carbonyl (C=O) groups is 1. The van der Waals surface area contributed by atoms with Crippen LogP contribution in [0.4, 0.5) is 0 Å². The number of rotatable bonds is 2. The molecule has 0 aromatic rings. The molecule has 1 heterocycles. The second-order valence-corrected chi connectivity index (χ2v) is 5.29. The van der Waals surface area contributed by atoms with Crippen molar-refractivity contribution >= 4 is 17.7 Å². The Bertz CT molecular complexity index is 189. The van der Waals surface area contributed by atoms with Crippen LogP contribution in [0, 0.1) is 5.92 Å². The summed E-state index contributed by atoms with van der Waals surface area (Å²) in [4.78, 5) is 13.8. The van der Waals surface area contributed by atoms with Crippen molar-refractivity contribution in [2.24, 2.45) is 11.7 Å². The van der Waals surface area contributed by atoms with Crippen molar-refractivity contribution in [2.45, 2.75) is 26.3 Å². The molecule has 82 valence electrons. The van der Waals surface area contributed by atoms with Gasteiger partial charge in [-0.1, -0.05) is 13.8 Å². The zero-order valence-corrected chi connectivity index (χ0v) is 9.85. The van der Waals surface area contributed by atoms with E-state index in [9.17, 15) is 4.79 Å². The minimum Gasteiger partial charge on any atom is -0.340 e. The Labute approximate surface area is 90.4 Å². The lowest BCUT2D eigenvalue weighted by Gasteiger charge is -2.25. The molecule has 0 aromatic heterocycles. The molecule has 14 heavy (non-hydrogen) atoms. The van der Waals surface area contributed by atoms with Gasteiger partial charge in [0.15, 0.2) is 0 Å². The van der Waals surface area contributed by atoms with Crippen molar-refractivity contribution in [3.05, 3.63) is 0 Å². The van der Waals surface area contributed by atoms with Crippen LogP contribution in [-0.2, 0) is 4.79 Å². The molecule has 0 saturated carbocycles. The topological polar surface area (TPSA) is 46.3 Å². The number of carbonyl (C=O) groups excluding carboxylic acids is 1. The first-order chi connectivity index (χ1) is 6.63. The smallest absolute Gasteiger partial charge is 0.239 e. The molecule has 1 aliphatic rings. The minimum atomic E-state index is -0.321. The molecule has 1 fully saturated rings. The van der Waals surface area contributed by atoms with Crippen LogP contribution in [0.1, 0.15) is 20.3 Å². The van der Waals surface area contributed by atoms with Gasteiger partial charge in [-0.25, -0.2) is 0 Å². The summed E-state index contributed by atoms with van der Waals surface area (Å²) < 4.78 is 0. The van der Waals surface area contributed by atoms with Gasteiger partial charge < -0.3 is 10.6 Å². The van der Waals surface area contributed by atoms with E-state index in [2.05, 4.69) is 0 Å². The summed E-state index contributed by atoms with van der Waals surface area (Å²) in [5.41, 5.74) is 5.84. The summed E-state index contributed by atoms with van der Waals surface area (Å²) in [6.07, 6.45) is 1.10. The third-order valence-electron chi connectivity index (χ3n) is 2.54. The molecule has 1 aliphatic heterocycles. The van der Waals surface area contributed by atoms with Crippen molar-refractivity contribution in [1.82, 2.24) is 4.90 Å². The Kier molecular flexibility index (Phi) is 4.75. The molecular weight excluding hydrogens is 196 g/mol. The van der Waals surface area contributed by atoms with E-state index in [0.29, 0.717) is 0 Å². The third kappa shape index (κ3) is 3.17. The fourth-order valence-electron chi connectivity index (χ4n) is 1.46. The molecule has 0 unspecified atom stereocenters. The minimum absolute atomic E-state index is 0.127. The van der Waals surface area contributed by atoms with E-state index < -0.39 is 0 Å². The lowest BCUT2D eigenvalue weighted by atomic mass is 10.0. The van der Waals surface area contributed by atoms with Gasteiger partial charge in [0.2, 0.25) is 5.91 Å². The summed E-state index contributed by atoms with van der Waals surface area (Å²) in [5, 5.41) is 0. The van der Waals surface area contributed by atoms with Gasteiger partial charge >= 0.3 is 0 Å². The first kappa shape index (κ1) is 11.9. The van der Waals surface area contributed by atoms with E-state index in [1.54, 1.807) is 0 Å². The quantitative estimate of drug-likeness (QED) is 0.747. The van der Waals surface area contributed by atoms with Crippen LogP contribution in [-0.4, -0.2) is 41.4 Å². The van der Waals surface area contributed by atoms with E-state index in [1.165, 1.54) is 5.75 Å². The normalized spacial score (nSPS) is 20.7. The number of nitrogens with two attached hydrogens (primary N) is 1. The lowest BCUT2D eigenvalue weighted by molar-refractivity contribution is -0.133. The number of thioether (sulfide) groups is 1. The SMILES string of the molecule is CC(C)[C@@H](N)C(=O)N1CCCSCC1. The Morgan fingerprint density at radius 3 is 2.71 bits per heavy atom. The van der Waals surface area contributed by atoms with E-state index in [-0.39, 0.29) is 17.9 Å². The molecular formula is C10H20N2OS. The average Bonchev–Trinajstić information content (AvgIpc) is 2.43. The van der Waals surface area contributed by atoms with Gasteiger partial charge in [0.1, 0.15) is 0 Å². The fourth-order valence-corrected chi connectivity index (χ4v) is 2.35. The molecule has 1 saturated heterocycles. The van der Waals surface area contributed by atoms with Crippen LogP contribution in [0.3, 0.4) is 0 Å². The number of amides is 1. The molecule has 2 N–H and O–H groups in total. The van der Waals surface area contributed by atoms with E-state index in [1.807, 2.05) is 30.5 Å². The first-order valence-corrected chi connectivity index (χ1v) is 6.40. The highest BCUT2D eigenvalue weighted by Crippen LogP contribution is 2.12. The zero-order valence-electron chi connectivity index (χ0n) is 9.03. The van der Waals surface area contributed by atoms with Crippen LogP contribution in [0.25, 0.3) is 0 Å². The molecule has 0 aromatic carbocycles. The molecule has 3 nitrogen and oxygen atoms in total. The van der Waals surface area contributed by atoms with Gasteiger partial charge in [-0.15, -0.1) is 0 Å². The first-order valence-electron chi connectivity index (χ1n) is 5.25. The van der Waals surface area contributed by atoms with Crippen LogP contribution < -0.4 is 5.73 Å². The maximum Gasteiger partial charge on any atom is 0.239 e. The fraction of sp³-hybridized carbons (Fsp3) is 0.900. The predicted octanol–water partition coefficient (Wildman–Crippen LogP) is 0.935. The Morgan fingerprint density at radius 1 is 1.36 bits per heavy atom. The maximum absolute atomic E-state index is 11.9. The van der Waals surface area contributed by atoms with Gasteiger partial charge in [0.25, 0.3) is 0 Å². The standard InChI is InChI=1S/C10H20N2OS/c1-8(2)9(11)10(13)12-4-3-6-14-7-5-12/h8-9H,3-7,11H2,1-2H3/t9-/m1/s1. The highest BCUT2D eigenvalue weighted by molar-refractivity contribution is 7.99. The van der Waals surface area contributed by atoms with Gasteiger partial charge in [-0.2, -0.15) is 11.8 Å². The van der Waals surface area contributed by atoms with Crippen LogP contribution >= 0.6 is 11.8 Å². The zero-order chi connectivity index (χ0) is 10.6. The van der Waals surface area contributed by atoms with Gasteiger partial charge in [-0.3, -0.25) is 4.79 Å². The van der Waals surface area contributed by atoms with E-state index in [0.717, 1.165) is 25.3 Å². The number of hydrogen-bond donors (Lipinski definition) is 1. The van der Waals surface area contributed by atoms with E-state index >= 15 is 0 Å².